The van der Waals surface area contributed by atoms with Crippen LogP contribution in [0.2, 0.25) is 0 Å². The third-order valence-corrected chi connectivity index (χ3v) is 6.88. The van der Waals surface area contributed by atoms with Gasteiger partial charge in [0, 0.05) is 24.0 Å². The van der Waals surface area contributed by atoms with Crippen LogP contribution in [0.4, 0.5) is 4.79 Å². The Kier molecular flexibility index (Phi) is 16.3. The van der Waals surface area contributed by atoms with E-state index in [9.17, 15) is 9.59 Å². The first-order chi connectivity index (χ1) is 16.7. The number of thioether (sulfide) groups is 1. The number of carbonyl (C=O) groups is 2. The van der Waals surface area contributed by atoms with Crippen molar-refractivity contribution in [3.63, 3.8) is 0 Å². The van der Waals surface area contributed by atoms with Crippen molar-refractivity contribution in [2.45, 2.75) is 43.0 Å². The Morgan fingerprint density at radius 1 is 0.882 bits per heavy atom. The molecule has 0 spiro atoms. The molecule has 12 heteroatoms. The molecule has 2 aliphatic heterocycles. The number of aliphatic hydroxyl groups excluding tert-OH is 1. The molecule has 0 aliphatic carbocycles. The standard InChI is InChI=1S/C22H41N3O8S/c26-6-8-30-10-12-32-14-16-33-15-13-31-11-9-29-7-5-23-20(27)4-2-1-3-19-21-18(17-34-19)24-22(28)25-21/h18-19,21,26H,1-17H2,(H,23,27)(H2,24,25,28). The van der Waals surface area contributed by atoms with Gasteiger partial charge < -0.3 is 44.7 Å². The van der Waals surface area contributed by atoms with Crippen molar-refractivity contribution in [2.75, 3.05) is 85.0 Å². The van der Waals surface area contributed by atoms with Crippen LogP contribution in [-0.4, -0.2) is 119 Å². The lowest BCUT2D eigenvalue weighted by Crippen LogP contribution is -2.36. The number of nitrogens with one attached hydrogen (secondary N) is 3. The number of ether oxygens (including phenoxy) is 5. The lowest BCUT2D eigenvalue weighted by atomic mass is 10.0. The van der Waals surface area contributed by atoms with Gasteiger partial charge in [0.2, 0.25) is 5.91 Å². The molecule has 0 aromatic carbocycles. The minimum absolute atomic E-state index is 0.0226. The van der Waals surface area contributed by atoms with Crippen molar-refractivity contribution < 1.29 is 38.4 Å². The fraction of sp³-hybridized carbons (Fsp3) is 0.909. The molecule has 11 nitrogen and oxygen atoms in total. The number of urea groups is 1. The lowest BCUT2D eigenvalue weighted by molar-refractivity contribution is -0.121. The van der Waals surface area contributed by atoms with Crippen molar-refractivity contribution in [2.24, 2.45) is 0 Å². The molecule has 2 aliphatic rings. The normalized spacial score (nSPS) is 21.3. The Morgan fingerprint density at radius 3 is 2.09 bits per heavy atom. The summed E-state index contributed by atoms with van der Waals surface area (Å²) in [5.41, 5.74) is 0. The molecule has 4 N–H and O–H groups in total. The summed E-state index contributed by atoms with van der Waals surface area (Å²) in [6, 6.07) is 0.428. The molecule has 0 radical (unpaired) electrons. The third kappa shape index (κ3) is 13.1. The van der Waals surface area contributed by atoms with Crippen LogP contribution in [0.15, 0.2) is 0 Å². The Hall–Kier alpha value is -1.15. The zero-order valence-electron chi connectivity index (χ0n) is 20.0. The average molecular weight is 508 g/mol. The first-order valence-corrected chi connectivity index (χ1v) is 13.2. The van der Waals surface area contributed by atoms with E-state index in [1.165, 1.54) is 0 Å². The number of carbonyl (C=O) groups excluding carboxylic acids is 2. The largest absolute Gasteiger partial charge is 0.394 e. The quantitative estimate of drug-likeness (QED) is 0.117. The second-order valence-electron chi connectivity index (χ2n) is 8.00. The van der Waals surface area contributed by atoms with Gasteiger partial charge in [-0.15, -0.1) is 0 Å². The highest BCUT2D eigenvalue weighted by Crippen LogP contribution is 2.33. The van der Waals surface area contributed by atoms with Crippen LogP contribution in [0.5, 0.6) is 0 Å². The van der Waals surface area contributed by atoms with Crippen molar-refractivity contribution in [3.8, 4) is 0 Å². The Labute approximate surface area is 206 Å². The maximum atomic E-state index is 11.9. The number of fused-ring (bicyclic) bond motifs is 1. The monoisotopic (exact) mass is 507 g/mol. The maximum Gasteiger partial charge on any atom is 0.315 e. The van der Waals surface area contributed by atoms with Gasteiger partial charge in [-0.3, -0.25) is 4.79 Å². The molecule has 2 rings (SSSR count). The average Bonchev–Trinajstić information content (AvgIpc) is 3.38. The summed E-state index contributed by atoms with van der Waals surface area (Å²) in [6.45, 7) is 5.18. The van der Waals surface area contributed by atoms with Gasteiger partial charge in [-0.05, 0) is 12.8 Å². The zero-order valence-corrected chi connectivity index (χ0v) is 20.8. The van der Waals surface area contributed by atoms with Crippen LogP contribution in [0.25, 0.3) is 0 Å². The van der Waals surface area contributed by atoms with Crippen molar-refractivity contribution >= 4 is 23.7 Å². The molecule has 34 heavy (non-hydrogen) atoms. The smallest absolute Gasteiger partial charge is 0.315 e. The third-order valence-electron chi connectivity index (χ3n) is 5.37. The molecule has 2 heterocycles. The predicted octanol–water partition coefficient (Wildman–Crippen LogP) is -0.0963. The van der Waals surface area contributed by atoms with Crippen molar-refractivity contribution in [1.29, 1.82) is 0 Å². The molecule has 3 amide bonds. The highest BCUT2D eigenvalue weighted by atomic mass is 32.2. The van der Waals surface area contributed by atoms with E-state index in [0.29, 0.717) is 84.3 Å². The molecule has 0 aromatic heterocycles. The van der Waals surface area contributed by atoms with Gasteiger partial charge >= 0.3 is 6.03 Å². The summed E-state index contributed by atoms with van der Waals surface area (Å²) in [4.78, 5) is 23.3. The van der Waals surface area contributed by atoms with E-state index in [-0.39, 0.29) is 30.6 Å². The van der Waals surface area contributed by atoms with Gasteiger partial charge in [-0.25, -0.2) is 4.79 Å². The van der Waals surface area contributed by atoms with E-state index in [1.54, 1.807) is 0 Å². The summed E-state index contributed by atoms with van der Waals surface area (Å²) >= 11 is 1.90. The van der Waals surface area contributed by atoms with Gasteiger partial charge in [0.25, 0.3) is 0 Å². The number of aliphatic hydroxyl groups is 1. The topological polar surface area (TPSA) is 137 Å². The lowest BCUT2D eigenvalue weighted by Gasteiger charge is -2.16. The Morgan fingerprint density at radius 2 is 1.47 bits per heavy atom. The van der Waals surface area contributed by atoms with Crippen molar-refractivity contribution in [1.82, 2.24) is 16.0 Å². The van der Waals surface area contributed by atoms with Crippen LogP contribution in [0.3, 0.4) is 0 Å². The first-order valence-electron chi connectivity index (χ1n) is 12.2. The van der Waals surface area contributed by atoms with Gasteiger partial charge in [-0.1, -0.05) is 6.42 Å². The fourth-order valence-corrected chi connectivity index (χ4v) is 5.21. The van der Waals surface area contributed by atoms with E-state index >= 15 is 0 Å². The Balaban J connectivity index is 1.26. The highest BCUT2D eigenvalue weighted by molar-refractivity contribution is 8.00. The van der Waals surface area contributed by atoms with Gasteiger partial charge in [0.05, 0.1) is 84.8 Å². The van der Waals surface area contributed by atoms with Gasteiger partial charge in [-0.2, -0.15) is 11.8 Å². The molecule has 3 atom stereocenters. The first kappa shape index (κ1) is 29.1. The predicted molar refractivity (Wildman–Crippen MR) is 128 cm³/mol. The molecule has 0 bridgehead atoms. The minimum atomic E-state index is -0.0573. The van der Waals surface area contributed by atoms with E-state index < -0.39 is 0 Å². The number of hydrogen-bond acceptors (Lipinski definition) is 9. The summed E-state index contributed by atoms with van der Waals surface area (Å²) in [7, 11) is 0. The molecular formula is C22H41N3O8S. The molecule has 3 unspecified atom stereocenters. The SMILES string of the molecule is O=C(CCCCC1SCC2NC(=O)NC21)NCCOCCOCCOCCOCCOCCO. The summed E-state index contributed by atoms with van der Waals surface area (Å²) in [5.74, 6) is 1.01. The van der Waals surface area contributed by atoms with Gasteiger partial charge in [0.15, 0.2) is 0 Å². The van der Waals surface area contributed by atoms with E-state index in [1.807, 2.05) is 11.8 Å². The van der Waals surface area contributed by atoms with E-state index in [4.69, 9.17) is 28.8 Å². The van der Waals surface area contributed by atoms with Crippen LogP contribution < -0.4 is 16.0 Å². The molecule has 2 saturated heterocycles. The molecule has 0 saturated carbocycles. The summed E-state index contributed by atoms with van der Waals surface area (Å²) < 4.78 is 26.6. The van der Waals surface area contributed by atoms with Gasteiger partial charge in [0.1, 0.15) is 0 Å². The summed E-state index contributed by atoms with van der Waals surface area (Å²) in [5, 5.41) is 17.8. The van der Waals surface area contributed by atoms with Crippen LogP contribution in [0, 0.1) is 0 Å². The number of rotatable bonds is 22. The molecule has 2 fully saturated rings. The van der Waals surface area contributed by atoms with Crippen LogP contribution >= 0.6 is 11.8 Å². The second kappa shape index (κ2) is 19.1. The van der Waals surface area contributed by atoms with Crippen LogP contribution in [0.1, 0.15) is 25.7 Å². The van der Waals surface area contributed by atoms with Crippen molar-refractivity contribution in [3.05, 3.63) is 0 Å². The molecule has 0 aromatic rings. The maximum absolute atomic E-state index is 11.9. The minimum Gasteiger partial charge on any atom is -0.394 e. The van der Waals surface area contributed by atoms with E-state index in [0.717, 1.165) is 25.0 Å². The fourth-order valence-electron chi connectivity index (χ4n) is 3.67. The number of unbranched alkanes of at least 4 members (excludes halogenated alkanes) is 1. The number of hydrogen-bond donors (Lipinski definition) is 4. The van der Waals surface area contributed by atoms with Crippen LogP contribution in [-0.2, 0) is 28.5 Å². The zero-order chi connectivity index (χ0) is 24.3. The molecule has 198 valence electrons. The summed E-state index contributed by atoms with van der Waals surface area (Å²) in [6.07, 6.45) is 3.37. The number of amides is 3. The highest BCUT2D eigenvalue weighted by Gasteiger charge is 2.42. The Bertz CT molecular complexity index is 560. The van der Waals surface area contributed by atoms with E-state index in [2.05, 4.69) is 16.0 Å². The second-order valence-corrected chi connectivity index (χ2v) is 9.28. The molecular weight excluding hydrogens is 466 g/mol.